The first-order chi connectivity index (χ1) is 9.22. The number of hydrogen-bond acceptors (Lipinski definition) is 4. The molecule has 0 unspecified atom stereocenters. The Balaban J connectivity index is 1.89. The van der Waals surface area contributed by atoms with Gasteiger partial charge in [0.25, 0.3) is 0 Å². The van der Waals surface area contributed by atoms with Gasteiger partial charge in [0.1, 0.15) is 0 Å². The fraction of sp³-hybridized carbons (Fsp3) is 0.929. The predicted octanol–water partition coefficient (Wildman–Crippen LogP) is 1.42. The van der Waals surface area contributed by atoms with Gasteiger partial charge in [0.15, 0.2) is 0 Å². The summed E-state index contributed by atoms with van der Waals surface area (Å²) in [7, 11) is 0. The fourth-order valence-corrected chi connectivity index (χ4v) is 3.44. The third kappa shape index (κ3) is 3.20. The van der Waals surface area contributed by atoms with Crippen LogP contribution in [-0.4, -0.2) is 60.8 Å². The molecule has 19 heavy (non-hydrogen) atoms. The van der Waals surface area contributed by atoms with Crippen LogP contribution in [0.2, 0.25) is 0 Å². The number of ether oxygens (including phenoxy) is 1. The topological polar surface area (TPSA) is 58.8 Å². The van der Waals surface area contributed by atoms with E-state index in [2.05, 4.69) is 4.90 Å². The molecule has 1 amide bonds. The van der Waals surface area contributed by atoms with Gasteiger partial charge in [-0.3, -0.25) is 4.90 Å². The first-order valence-corrected chi connectivity index (χ1v) is 7.59. The van der Waals surface area contributed by atoms with E-state index in [0.29, 0.717) is 6.61 Å². The lowest BCUT2D eigenvalue weighted by molar-refractivity contribution is 0.0106. The summed E-state index contributed by atoms with van der Waals surface area (Å²) in [6, 6.07) is 0. The summed E-state index contributed by atoms with van der Waals surface area (Å²) >= 11 is 0. The molecule has 0 aromatic heterocycles. The second-order valence-electron chi connectivity index (χ2n) is 5.66. The summed E-state index contributed by atoms with van der Waals surface area (Å²) in [6.45, 7) is 6.42. The molecule has 1 saturated carbocycles. The van der Waals surface area contributed by atoms with Crippen molar-refractivity contribution in [1.82, 2.24) is 9.80 Å². The van der Waals surface area contributed by atoms with Gasteiger partial charge in [-0.2, -0.15) is 0 Å². The second kappa shape index (κ2) is 6.57. The highest BCUT2D eigenvalue weighted by Gasteiger charge is 2.38. The van der Waals surface area contributed by atoms with E-state index < -0.39 is 0 Å². The molecule has 5 nitrogen and oxygen atoms in total. The first-order valence-electron chi connectivity index (χ1n) is 7.59. The van der Waals surface area contributed by atoms with Crippen molar-refractivity contribution in [2.75, 3.05) is 39.3 Å². The van der Waals surface area contributed by atoms with Crippen LogP contribution >= 0.6 is 0 Å². The molecule has 2 N–H and O–H groups in total. The molecule has 0 atom stereocenters. The number of piperazine rings is 1. The average Bonchev–Trinajstić information content (AvgIpc) is 2.48. The Labute approximate surface area is 116 Å². The molecule has 1 aliphatic carbocycles. The maximum Gasteiger partial charge on any atom is 0.409 e. The van der Waals surface area contributed by atoms with Gasteiger partial charge in [-0.1, -0.05) is 19.3 Å². The molecule has 0 bridgehead atoms. The quantitative estimate of drug-likeness (QED) is 0.842. The van der Waals surface area contributed by atoms with Crippen molar-refractivity contribution in [1.29, 1.82) is 0 Å². The Hall–Kier alpha value is -0.810. The summed E-state index contributed by atoms with van der Waals surface area (Å²) in [6.07, 6.45) is 6.16. The van der Waals surface area contributed by atoms with Gasteiger partial charge in [-0.15, -0.1) is 0 Å². The molecule has 0 aromatic rings. The zero-order chi connectivity index (χ0) is 13.7. The molecule has 5 heteroatoms. The van der Waals surface area contributed by atoms with Crippen LogP contribution in [0.25, 0.3) is 0 Å². The van der Waals surface area contributed by atoms with Crippen molar-refractivity contribution in [3.63, 3.8) is 0 Å². The molecule has 0 spiro atoms. The van der Waals surface area contributed by atoms with Gasteiger partial charge in [0, 0.05) is 38.3 Å². The van der Waals surface area contributed by atoms with E-state index in [1.807, 2.05) is 11.8 Å². The molecular formula is C14H27N3O2. The maximum atomic E-state index is 11.7. The van der Waals surface area contributed by atoms with E-state index in [1.54, 1.807) is 0 Å². The Morgan fingerprint density at radius 3 is 2.32 bits per heavy atom. The van der Waals surface area contributed by atoms with Crippen LogP contribution in [0, 0.1) is 0 Å². The van der Waals surface area contributed by atoms with Crippen LogP contribution in [-0.2, 0) is 4.74 Å². The maximum absolute atomic E-state index is 11.7. The van der Waals surface area contributed by atoms with Gasteiger partial charge in [-0.05, 0) is 19.8 Å². The summed E-state index contributed by atoms with van der Waals surface area (Å²) in [5, 5.41) is 0. The van der Waals surface area contributed by atoms with E-state index in [0.717, 1.165) is 32.7 Å². The van der Waals surface area contributed by atoms with E-state index in [-0.39, 0.29) is 11.6 Å². The van der Waals surface area contributed by atoms with Gasteiger partial charge in [-0.25, -0.2) is 4.79 Å². The number of carbonyl (C=O) groups is 1. The Morgan fingerprint density at radius 2 is 1.79 bits per heavy atom. The molecular weight excluding hydrogens is 242 g/mol. The van der Waals surface area contributed by atoms with Gasteiger partial charge < -0.3 is 15.4 Å². The van der Waals surface area contributed by atoms with E-state index in [1.165, 1.54) is 32.1 Å². The normalized spacial score (nSPS) is 24.2. The van der Waals surface area contributed by atoms with Crippen LogP contribution < -0.4 is 5.73 Å². The Kier molecular flexibility index (Phi) is 5.05. The van der Waals surface area contributed by atoms with Gasteiger partial charge in [0.05, 0.1) is 6.61 Å². The number of nitrogens with zero attached hydrogens (tertiary/aromatic N) is 2. The van der Waals surface area contributed by atoms with Crippen LogP contribution in [0.5, 0.6) is 0 Å². The van der Waals surface area contributed by atoms with Crippen molar-refractivity contribution in [2.45, 2.75) is 44.6 Å². The lowest BCUT2D eigenvalue weighted by Crippen LogP contribution is -2.61. The van der Waals surface area contributed by atoms with Crippen molar-refractivity contribution in [3.05, 3.63) is 0 Å². The number of rotatable bonds is 3. The highest BCUT2D eigenvalue weighted by atomic mass is 16.6. The Morgan fingerprint density at radius 1 is 1.16 bits per heavy atom. The third-order valence-corrected chi connectivity index (χ3v) is 4.64. The molecule has 0 radical (unpaired) electrons. The molecule has 1 heterocycles. The summed E-state index contributed by atoms with van der Waals surface area (Å²) < 4.78 is 5.06. The van der Waals surface area contributed by atoms with E-state index >= 15 is 0 Å². The standard InChI is InChI=1S/C14H27N3O2/c1-2-19-13(18)16-8-10-17(11-9-16)14(12-15)6-4-3-5-7-14/h2-12,15H2,1H3. The number of carbonyl (C=O) groups excluding carboxylic acids is 1. The summed E-state index contributed by atoms with van der Waals surface area (Å²) in [5.74, 6) is 0. The SMILES string of the molecule is CCOC(=O)N1CCN(C2(CN)CCCCC2)CC1. The molecule has 2 aliphatic rings. The number of amides is 1. The Bertz CT molecular complexity index is 295. The minimum absolute atomic E-state index is 0.174. The lowest BCUT2D eigenvalue weighted by atomic mass is 9.80. The molecule has 2 fully saturated rings. The number of hydrogen-bond donors (Lipinski definition) is 1. The summed E-state index contributed by atoms with van der Waals surface area (Å²) in [5.41, 5.74) is 6.26. The van der Waals surface area contributed by atoms with Gasteiger partial charge in [0.2, 0.25) is 0 Å². The summed E-state index contributed by atoms with van der Waals surface area (Å²) in [4.78, 5) is 16.0. The third-order valence-electron chi connectivity index (χ3n) is 4.64. The monoisotopic (exact) mass is 269 g/mol. The van der Waals surface area contributed by atoms with Crippen molar-refractivity contribution in [2.24, 2.45) is 5.73 Å². The zero-order valence-corrected chi connectivity index (χ0v) is 12.1. The lowest BCUT2D eigenvalue weighted by Gasteiger charge is -2.49. The van der Waals surface area contributed by atoms with Crippen LogP contribution in [0.1, 0.15) is 39.0 Å². The second-order valence-corrected chi connectivity index (χ2v) is 5.66. The van der Waals surface area contributed by atoms with Crippen LogP contribution in [0.3, 0.4) is 0 Å². The molecule has 1 saturated heterocycles. The minimum atomic E-state index is -0.174. The smallest absolute Gasteiger partial charge is 0.409 e. The minimum Gasteiger partial charge on any atom is -0.450 e. The average molecular weight is 269 g/mol. The predicted molar refractivity (Wildman–Crippen MR) is 75.0 cm³/mol. The molecule has 2 rings (SSSR count). The molecule has 1 aliphatic heterocycles. The number of nitrogens with two attached hydrogens (primary N) is 1. The van der Waals surface area contributed by atoms with Crippen molar-refractivity contribution in [3.8, 4) is 0 Å². The highest BCUT2D eigenvalue weighted by molar-refractivity contribution is 5.67. The van der Waals surface area contributed by atoms with E-state index in [9.17, 15) is 4.79 Å². The largest absolute Gasteiger partial charge is 0.450 e. The molecule has 0 aromatic carbocycles. The van der Waals surface area contributed by atoms with Crippen molar-refractivity contribution < 1.29 is 9.53 Å². The first kappa shape index (κ1) is 14.6. The van der Waals surface area contributed by atoms with Crippen molar-refractivity contribution >= 4 is 6.09 Å². The van der Waals surface area contributed by atoms with Crippen LogP contribution in [0.15, 0.2) is 0 Å². The zero-order valence-electron chi connectivity index (χ0n) is 12.1. The van der Waals surface area contributed by atoms with Gasteiger partial charge >= 0.3 is 6.09 Å². The highest BCUT2D eigenvalue weighted by Crippen LogP contribution is 2.33. The fourth-order valence-electron chi connectivity index (χ4n) is 3.44. The molecule has 110 valence electrons. The van der Waals surface area contributed by atoms with E-state index in [4.69, 9.17) is 10.5 Å². The van der Waals surface area contributed by atoms with Crippen LogP contribution in [0.4, 0.5) is 4.79 Å².